The second-order valence-electron chi connectivity index (χ2n) is 15.7. The summed E-state index contributed by atoms with van der Waals surface area (Å²) in [7, 11) is 0. The maximum absolute atomic E-state index is 12.7. The molecule has 0 aliphatic rings. The van der Waals surface area contributed by atoms with Gasteiger partial charge in [-0.3, -0.25) is 14.4 Å². The standard InChI is InChI=1S/C44H84O6/c1-6-8-9-10-11-12-13-14-18-24-29-34-42(45)48-37-41(50-44(47)36-31-26-21-20-23-28-33-40(5)7-2)38-49-43(46)35-30-25-19-16-15-17-22-27-32-39(3)4/h39-41H,6-38H2,1-5H3/t40?,41-/m1/s1. The zero-order valence-electron chi connectivity index (χ0n) is 34.0. The van der Waals surface area contributed by atoms with Gasteiger partial charge in [0.2, 0.25) is 0 Å². The molecule has 0 fully saturated rings. The number of unbranched alkanes of at least 4 members (excludes halogenated alkanes) is 22. The third kappa shape index (κ3) is 36.2. The molecule has 0 heterocycles. The van der Waals surface area contributed by atoms with Gasteiger partial charge in [0.1, 0.15) is 13.2 Å². The molecular formula is C44H84O6. The summed E-state index contributed by atoms with van der Waals surface area (Å²) in [6.07, 6.45) is 33.8. The maximum Gasteiger partial charge on any atom is 0.306 e. The van der Waals surface area contributed by atoms with Crippen molar-refractivity contribution in [1.29, 1.82) is 0 Å². The van der Waals surface area contributed by atoms with Crippen molar-refractivity contribution in [3.05, 3.63) is 0 Å². The van der Waals surface area contributed by atoms with Crippen molar-refractivity contribution in [3.8, 4) is 0 Å². The van der Waals surface area contributed by atoms with Crippen LogP contribution in [0.25, 0.3) is 0 Å². The Kier molecular flexibility index (Phi) is 36.0. The molecule has 0 saturated carbocycles. The molecule has 0 amide bonds. The van der Waals surface area contributed by atoms with Gasteiger partial charge in [-0.25, -0.2) is 0 Å². The Hall–Kier alpha value is -1.59. The molecule has 6 nitrogen and oxygen atoms in total. The van der Waals surface area contributed by atoms with E-state index in [1.807, 2.05) is 0 Å². The Morgan fingerprint density at radius 2 is 0.760 bits per heavy atom. The number of esters is 3. The summed E-state index contributed by atoms with van der Waals surface area (Å²) in [5.74, 6) is 0.741. The minimum atomic E-state index is -0.760. The predicted octanol–water partition coefficient (Wildman–Crippen LogP) is 13.4. The molecule has 0 N–H and O–H groups in total. The number of hydrogen-bond donors (Lipinski definition) is 0. The summed E-state index contributed by atoms with van der Waals surface area (Å²) >= 11 is 0. The van der Waals surface area contributed by atoms with E-state index >= 15 is 0 Å². The molecule has 0 radical (unpaired) electrons. The minimum absolute atomic E-state index is 0.0662. The van der Waals surface area contributed by atoms with Crippen molar-refractivity contribution in [2.45, 2.75) is 240 Å². The van der Waals surface area contributed by atoms with Crippen LogP contribution in [0.15, 0.2) is 0 Å². The van der Waals surface area contributed by atoms with Gasteiger partial charge in [-0.1, -0.05) is 195 Å². The fourth-order valence-electron chi connectivity index (χ4n) is 6.37. The first kappa shape index (κ1) is 48.4. The van der Waals surface area contributed by atoms with E-state index in [1.165, 1.54) is 122 Å². The van der Waals surface area contributed by atoms with Crippen molar-refractivity contribution in [1.82, 2.24) is 0 Å². The summed E-state index contributed by atoms with van der Waals surface area (Å²) in [4.78, 5) is 37.6. The zero-order valence-corrected chi connectivity index (χ0v) is 34.0. The lowest BCUT2D eigenvalue weighted by atomic mass is 10.00. The van der Waals surface area contributed by atoms with Crippen LogP contribution < -0.4 is 0 Å². The lowest BCUT2D eigenvalue weighted by molar-refractivity contribution is -0.167. The molecule has 0 rings (SSSR count). The normalized spacial score (nSPS) is 12.6. The zero-order chi connectivity index (χ0) is 36.9. The van der Waals surface area contributed by atoms with Crippen molar-refractivity contribution in [3.63, 3.8) is 0 Å². The van der Waals surface area contributed by atoms with Crippen LogP contribution in [0.3, 0.4) is 0 Å². The van der Waals surface area contributed by atoms with Crippen LogP contribution in [0.5, 0.6) is 0 Å². The summed E-state index contributed by atoms with van der Waals surface area (Å²) in [6, 6.07) is 0. The first-order chi connectivity index (χ1) is 24.3. The molecule has 0 saturated heterocycles. The highest BCUT2D eigenvalue weighted by molar-refractivity contribution is 5.71. The van der Waals surface area contributed by atoms with Gasteiger partial charge in [-0.15, -0.1) is 0 Å². The fourth-order valence-corrected chi connectivity index (χ4v) is 6.37. The summed E-state index contributed by atoms with van der Waals surface area (Å²) in [5, 5.41) is 0. The topological polar surface area (TPSA) is 78.9 Å². The summed E-state index contributed by atoms with van der Waals surface area (Å²) in [5.41, 5.74) is 0. The van der Waals surface area contributed by atoms with Crippen molar-refractivity contribution in [2.24, 2.45) is 11.8 Å². The molecular weight excluding hydrogens is 624 g/mol. The van der Waals surface area contributed by atoms with E-state index in [-0.39, 0.29) is 31.1 Å². The SMILES string of the molecule is CCCCCCCCCCCCCC(=O)OC[C@H](COC(=O)CCCCCCCCCCC(C)C)OC(=O)CCCCCCCCC(C)CC. The highest BCUT2D eigenvalue weighted by Crippen LogP contribution is 2.16. The Morgan fingerprint density at radius 3 is 1.14 bits per heavy atom. The lowest BCUT2D eigenvalue weighted by Gasteiger charge is -2.18. The monoisotopic (exact) mass is 709 g/mol. The molecule has 1 unspecified atom stereocenters. The quantitative estimate of drug-likeness (QED) is 0.0361. The van der Waals surface area contributed by atoms with E-state index in [9.17, 15) is 14.4 Å². The number of carbonyl (C=O) groups is 3. The Morgan fingerprint density at radius 1 is 0.420 bits per heavy atom. The Balaban J connectivity index is 4.36. The molecule has 0 aromatic heterocycles. The Bertz CT molecular complexity index is 766. The molecule has 6 heteroatoms. The van der Waals surface area contributed by atoms with Crippen LogP contribution in [0.4, 0.5) is 0 Å². The first-order valence-electron chi connectivity index (χ1n) is 21.8. The molecule has 0 aromatic carbocycles. The second kappa shape index (κ2) is 37.2. The molecule has 0 aliphatic carbocycles. The van der Waals surface area contributed by atoms with Crippen LogP contribution in [0.2, 0.25) is 0 Å². The minimum Gasteiger partial charge on any atom is -0.462 e. The summed E-state index contributed by atoms with van der Waals surface area (Å²) in [6.45, 7) is 11.3. The largest absolute Gasteiger partial charge is 0.462 e. The Labute approximate surface area is 310 Å². The molecule has 0 aliphatic heterocycles. The van der Waals surface area contributed by atoms with Gasteiger partial charge in [-0.05, 0) is 31.1 Å². The molecule has 0 spiro atoms. The summed E-state index contributed by atoms with van der Waals surface area (Å²) < 4.78 is 16.7. The number of hydrogen-bond acceptors (Lipinski definition) is 6. The average molecular weight is 709 g/mol. The fraction of sp³-hybridized carbons (Fsp3) is 0.932. The first-order valence-corrected chi connectivity index (χ1v) is 21.8. The highest BCUT2D eigenvalue weighted by Gasteiger charge is 2.19. The van der Waals surface area contributed by atoms with Gasteiger partial charge in [0.25, 0.3) is 0 Å². The van der Waals surface area contributed by atoms with Gasteiger partial charge >= 0.3 is 17.9 Å². The highest BCUT2D eigenvalue weighted by atomic mass is 16.6. The van der Waals surface area contributed by atoms with Crippen molar-refractivity contribution in [2.75, 3.05) is 13.2 Å². The van der Waals surface area contributed by atoms with Gasteiger partial charge in [0.15, 0.2) is 6.10 Å². The third-order valence-corrected chi connectivity index (χ3v) is 10.1. The van der Waals surface area contributed by atoms with E-state index < -0.39 is 6.10 Å². The van der Waals surface area contributed by atoms with Gasteiger partial charge < -0.3 is 14.2 Å². The molecule has 0 bridgehead atoms. The van der Waals surface area contributed by atoms with E-state index in [0.717, 1.165) is 69.6 Å². The van der Waals surface area contributed by atoms with E-state index in [0.29, 0.717) is 19.3 Å². The smallest absolute Gasteiger partial charge is 0.306 e. The third-order valence-electron chi connectivity index (χ3n) is 10.1. The lowest BCUT2D eigenvalue weighted by Crippen LogP contribution is -2.30. The van der Waals surface area contributed by atoms with Crippen LogP contribution in [0.1, 0.15) is 234 Å². The van der Waals surface area contributed by atoms with Crippen LogP contribution in [-0.4, -0.2) is 37.2 Å². The van der Waals surface area contributed by atoms with Crippen LogP contribution in [0, 0.1) is 11.8 Å². The number of ether oxygens (including phenoxy) is 3. The van der Waals surface area contributed by atoms with Crippen molar-refractivity contribution < 1.29 is 28.6 Å². The molecule has 50 heavy (non-hydrogen) atoms. The van der Waals surface area contributed by atoms with Crippen LogP contribution >= 0.6 is 0 Å². The number of carbonyl (C=O) groups excluding carboxylic acids is 3. The molecule has 296 valence electrons. The van der Waals surface area contributed by atoms with Gasteiger partial charge in [0, 0.05) is 19.3 Å². The maximum atomic E-state index is 12.7. The van der Waals surface area contributed by atoms with E-state index in [4.69, 9.17) is 14.2 Å². The predicted molar refractivity (Wildman–Crippen MR) is 210 cm³/mol. The number of rotatable bonds is 38. The van der Waals surface area contributed by atoms with Crippen LogP contribution in [-0.2, 0) is 28.6 Å². The molecule has 0 aromatic rings. The van der Waals surface area contributed by atoms with E-state index in [1.54, 1.807) is 0 Å². The van der Waals surface area contributed by atoms with Gasteiger partial charge in [-0.2, -0.15) is 0 Å². The van der Waals surface area contributed by atoms with Crippen molar-refractivity contribution >= 4 is 17.9 Å². The van der Waals surface area contributed by atoms with Gasteiger partial charge in [0.05, 0.1) is 0 Å². The van der Waals surface area contributed by atoms with E-state index in [2.05, 4.69) is 34.6 Å². The average Bonchev–Trinajstić information content (AvgIpc) is 3.09. The second-order valence-corrected chi connectivity index (χ2v) is 15.7. The molecule has 2 atom stereocenters.